The van der Waals surface area contributed by atoms with Crippen LogP contribution in [0.3, 0.4) is 0 Å². The third-order valence-electron chi connectivity index (χ3n) is 1.48. The first-order chi connectivity index (χ1) is 6.00. The van der Waals surface area contributed by atoms with E-state index in [1.165, 1.54) is 11.7 Å². The van der Waals surface area contributed by atoms with Crippen molar-refractivity contribution < 1.29 is 14.8 Å². The molecular weight excluding hydrogens is 178 g/mol. The van der Waals surface area contributed by atoms with Crippen molar-refractivity contribution in [3.8, 4) is 0 Å². The van der Waals surface area contributed by atoms with Crippen LogP contribution >= 0.6 is 0 Å². The fourth-order valence-electron chi connectivity index (χ4n) is 0.899. The summed E-state index contributed by atoms with van der Waals surface area (Å²) in [5.74, 6) is -1.38. The van der Waals surface area contributed by atoms with Gasteiger partial charge in [-0.1, -0.05) is 0 Å². The number of hydrogen-bond acceptors (Lipinski definition) is 4. The Kier molecular flexibility index (Phi) is 2.27. The summed E-state index contributed by atoms with van der Waals surface area (Å²) in [5, 5.41) is 22.2. The van der Waals surface area contributed by atoms with E-state index in [0.717, 1.165) is 6.07 Å². The number of rotatable bonds is 3. The van der Waals surface area contributed by atoms with Gasteiger partial charge < -0.3 is 15.2 Å². The molecule has 0 saturated heterocycles. The highest BCUT2D eigenvalue weighted by Crippen LogP contribution is 2.10. The van der Waals surface area contributed by atoms with Gasteiger partial charge in [-0.2, -0.15) is 4.68 Å². The van der Waals surface area contributed by atoms with Crippen LogP contribution in [-0.2, 0) is 18.3 Å². The predicted octanol–water partition coefficient (Wildman–Crippen LogP) is -0.0446. The van der Waals surface area contributed by atoms with Gasteiger partial charge >= 0.3 is 11.8 Å². The summed E-state index contributed by atoms with van der Waals surface area (Å²) in [5.41, 5.74) is 0.305. The molecule has 0 radical (unpaired) electrons. The molecule has 1 N–H and O–H groups in total. The molecule has 0 amide bonds. The minimum Gasteiger partial charge on any atom is -0.481 e. The maximum Gasteiger partial charge on any atom is 0.390 e. The van der Waals surface area contributed by atoms with Crippen LogP contribution in [0.1, 0.15) is 5.69 Å². The molecule has 13 heavy (non-hydrogen) atoms. The lowest BCUT2D eigenvalue weighted by molar-refractivity contribution is -0.389. The smallest absolute Gasteiger partial charge is 0.390 e. The standard InChI is InChI=1S/C6H7N3O4/c1-8-4(3-6(10)11)2-5(7-8)9(12)13/h2H,3H2,1H3,(H,10,11). The molecule has 1 rings (SSSR count). The van der Waals surface area contributed by atoms with Gasteiger partial charge in [-0.15, -0.1) is 0 Å². The van der Waals surface area contributed by atoms with Crippen molar-refractivity contribution in [1.82, 2.24) is 9.78 Å². The summed E-state index contributed by atoms with van der Waals surface area (Å²) in [6.07, 6.45) is -0.267. The topological polar surface area (TPSA) is 98.3 Å². The SMILES string of the molecule is Cn1nc([N+](=O)[O-])cc1CC(=O)O. The van der Waals surface area contributed by atoms with Gasteiger partial charge in [0.15, 0.2) is 0 Å². The fourth-order valence-corrected chi connectivity index (χ4v) is 0.899. The van der Waals surface area contributed by atoms with Gasteiger partial charge in [-0.25, -0.2) is 0 Å². The second kappa shape index (κ2) is 3.21. The third-order valence-corrected chi connectivity index (χ3v) is 1.48. The average molecular weight is 185 g/mol. The third kappa shape index (κ3) is 2.01. The number of aliphatic carboxylic acids is 1. The van der Waals surface area contributed by atoms with E-state index in [1.807, 2.05) is 0 Å². The first kappa shape index (κ1) is 9.17. The molecule has 0 atom stereocenters. The molecule has 7 nitrogen and oxygen atoms in total. The van der Waals surface area contributed by atoms with E-state index in [4.69, 9.17) is 5.11 Å². The van der Waals surface area contributed by atoms with Gasteiger partial charge in [0.1, 0.15) is 0 Å². The van der Waals surface area contributed by atoms with E-state index < -0.39 is 10.9 Å². The number of nitrogens with zero attached hydrogens (tertiary/aromatic N) is 3. The van der Waals surface area contributed by atoms with Crippen molar-refractivity contribution >= 4 is 11.8 Å². The van der Waals surface area contributed by atoms with Gasteiger partial charge in [0.25, 0.3) is 0 Å². The second-order valence-electron chi connectivity index (χ2n) is 2.45. The van der Waals surface area contributed by atoms with Crippen molar-refractivity contribution in [2.45, 2.75) is 6.42 Å². The number of aromatic nitrogens is 2. The summed E-state index contributed by atoms with van der Waals surface area (Å²) >= 11 is 0. The fraction of sp³-hybridized carbons (Fsp3) is 0.333. The van der Waals surface area contributed by atoms with E-state index in [1.54, 1.807) is 0 Å². The molecule has 0 aliphatic rings. The Balaban J connectivity index is 2.96. The Hall–Kier alpha value is -1.92. The van der Waals surface area contributed by atoms with Crippen LogP contribution < -0.4 is 0 Å². The highest BCUT2D eigenvalue weighted by atomic mass is 16.6. The zero-order valence-corrected chi connectivity index (χ0v) is 6.80. The molecule has 1 aromatic rings. The molecule has 7 heteroatoms. The van der Waals surface area contributed by atoms with Crippen LogP contribution in [0, 0.1) is 10.1 Å². The molecule has 0 aliphatic carbocycles. The quantitative estimate of drug-likeness (QED) is 0.526. The van der Waals surface area contributed by atoms with Crippen molar-refractivity contribution in [3.63, 3.8) is 0 Å². The molecule has 1 heterocycles. The first-order valence-corrected chi connectivity index (χ1v) is 3.40. The molecule has 0 spiro atoms. The van der Waals surface area contributed by atoms with E-state index >= 15 is 0 Å². The number of carbonyl (C=O) groups is 1. The highest BCUT2D eigenvalue weighted by Gasteiger charge is 2.16. The maximum absolute atomic E-state index is 10.3. The minimum absolute atomic E-state index is 0.267. The van der Waals surface area contributed by atoms with Gasteiger partial charge in [-0.05, 0) is 4.92 Å². The zero-order chi connectivity index (χ0) is 10.0. The first-order valence-electron chi connectivity index (χ1n) is 3.40. The van der Waals surface area contributed by atoms with Gasteiger partial charge in [0.2, 0.25) is 0 Å². The Bertz CT molecular complexity index is 357. The van der Waals surface area contributed by atoms with Crippen LogP contribution in [0.5, 0.6) is 0 Å². The maximum atomic E-state index is 10.3. The summed E-state index contributed by atoms with van der Waals surface area (Å²) in [7, 11) is 1.46. The van der Waals surface area contributed by atoms with Gasteiger partial charge in [-0.3, -0.25) is 4.79 Å². The number of carboxylic acids is 1. The molecule has 0 bridgehead atoms. The van der Waals surface area contributed by atoms with Crippen molar-refractivity contribution in [2.75, 3.05) is 0 Å². The van der Waals surface area contributed by atoms with Gasteiger partial charge in [0, 0.05) is 0 Å². The Morgan fingerprint density at radius 1 is 1.85 bits per heavy atom. The molecule has 0 fully saturated rings. The molecule has 0 aliphatic heterocycles. The monoisotopic (exact) mass is 185 g/mol. The molecule has 0 saturated carbocycles. The van der Waals surface area contributed by atoms with E-state index in [-0.39, 0.29) is 12.2 Å². The van der Waals surface area contributed by atoms with Crippen LogP contribution in [0.4, 0.5) is 5.82 Å². The number of aryl methyl sites for hydroxylation is 1. The summed E-state index contributed by atoms with van der Waals surface area (Å²) in [4.78, 5) is 19.9. The lowest BCUT2D eigenvalue weighted by Gasteiger charge is -1.90. The summed E-state index contributed by atoms with van der Waals surface area (Å²) in [6.45, 7) is 0. The normalized spacial score (nSPS) is 9.92. The van der Waals surface area contributed by atoms with Crippen LogP contribution in [0.15, 0.2) is 6.07 Å². The summed E-state index contributed by atoms with van der Waals surface area (Å²) < 4.78 is 1.19. The lowest BCUT2D eigenvalue weighted by Crippen LogP contribution is -2.05. The lowest BCUT2D eigenvalue weighted by atomic mass is 10.3. The Labute approximate surface area is 72.7 Å². The number of carboxylic acid groups (broad SMARTS) is 1. The molecular formula is C6H7N3O4. The Morgan fingerprint density at radius 3 is 2.85 bits per heavy atom. The van der Waals surface area contributed by atoms with E-state index in [2.05, 4.69) is 5.10 Å². The summed E-state index contributed by atoms with van der Waals surface area (Å²) in [6, 6.07) is 1.15. The second-order valence-corrected chi connectivity index (χ2v) is 2.45. The number of hydrogen-bond donors (Lipinski definition) is 1. The van der Waals surface area contributed by atoms with Crippen molar-refractivity contribution in [3.05, 3.63) is 21.9 Å². The van der Waals surface area contributed by atoms with E-state index in [0.29, 0.717) is 5.69 Å². The van der Waals surface area contributed by atoms with Crippen molar-refractivity contribution in [1.29, 1.82) is 0 Å². The van der Waals surface area contributed by atoms with Crippen molar-refractivity contribution in [2.24, 2.45) is 7.05 Å². The Morgan fingerprint density at radius 2 is 2.46 bits per heavy atom. The molecule has 1 aromatic heterocycles. The largest absolute Gasteiger partial charge is 0.481 e. The number of nitro groups is 1. The highest BCUT2D eigenvalue weighted by molar-refractivity contribution is 5.69. The minimum atomic E-state index is -1.04. The predicted molar refractivity (Wildman–Crippen MR) is 41.2 cm³/mol. The van der Waals surface area contributed by atoms with Crippen LogP contribution in [0.2, 0.25) is 0 Å². The van der Waals surface area contributed by atoms with Crippen LogP contribution in [0.25, 0.3) is 0 Å². The zero-order valence-electron chi connectivity index (χ0n) is 6.80. The van der Waals surface area contributed by atoms with Crippen LogP contribution in [-0.4, -0.2) is 25.8 Å². The molecule has 70 valence electrons. The van der Waals surface area contributed by atoms with Gasteiger partial charge in [0.05, 0.1) is 30.3 Å². The molecule has 0 aromatic carbocycles. The van der Waals surface area contributed by atoms with E-state index in [9.17, 15) is 14.9 Å². The molecule has 0 unspecified atom stereocenters. The average Bonchev–Trinajstić information content (AvgIpc) is 2.31.